The molecule has 0 aliphatic carbocycles. The highest BCUT2D eigenvalue weighted by Gasteiger charge is 2.09. The van der Waals surface area contributed by atoms with Crippen LogP contribution in [0.5, 0.6) is 0 Å². The van der Waals surface area contributed by atoms with Gasteiger partial charge in [0.1, 0.15) is 0 Å². The fourth-order valence-corrected chi connectivity index (χ4v) is 2.44. The molecule has 0 amide bonds. The molecule has 3 N–H and O–H groups in total. The summed E-state index contributed by atoms with van der Waals surface area (Å²) in [6.45, 7) is 0.0268. The molecule has 0 heterocycles. The Bertz CT molecular complexity index is 329. The largest absolute Gasteiger partial charge is 0.396 e. The molecule has 0 aliphatic heterocycles. The van der Waals surface area contributed by atoms with Gasteiger partial charge in [0.2, 0.25) is 0 Å². The van der Waals surface area contributed by atoms with Crippen molar-refractivity contribution in [2.24, 2.45) is 5.73 Å². The lowest BCUT2D eigenvalue weighted by Gasteiger charge is -2.09. The summed E-state index contributed by atoms with van der Waals surface area (Å²) in [7, 11) is -1.12. The first kappa shape index (κ1) is 12.6. The Morgan fingerprint density at radius 2 is 2.00 bits per heavy atom. The standard InChI is InChI=1S/C10H14ClNO2S/c11-8-1-3-10(4-2-8)15(14)7-9(12)5-6-13/h1-4,9,13H,5-7,12H2. The summed E-state index contributed by atoms with van der Waals surface area (Å²) in [6, 6.07) is 6.62. The highest BCUT2D eigenvalue weighted by molar-refractivity contribution is 7.85. The average Bonchev–Trinajstić information content (AvgIpc) is 2.18. The number of hydrogen-bond donors (Lipinski definition) is 2. The molecule has 0 saturated heterocycles. The topological polar surface area (TPSA) is 63.3 Å². The van der Waals surface area contributed by atoms with E-state index < -0.39 is 10.8 Å². The van der Waals surface area contributed by atoms with Crippen LogP contribution in [-0.2, 0) is 10.8 Å². The van der Waals surface area contributed by atoms with Crippen LogP contribution in [0.4, 0.5) is 0 Å². The number of nitrogens with two attached hydrogens (primary N) is 1. The number of benzene rings is 1. The second-order valence-corrected chi connectivity index (χ2v) is 5.17. The lowest BCUT2D eigenvalue weighted by molar-refractivity contribution is 0.279. The third kappa shape index (κ3) is 4.30. The van der Waals surface area contributed by atoms with Crippen LogP contribution in [0.15, 0.2) is 29.2 Å². The molecule has 1 rings (SSSR count). The molecule has 0 aromatic heterocycles. The Kier molecular flexibility index (Phi) is 5.25. The van der Waals surface area contributed by atoms with Gasteiger partial charge in [-0.05, 0) is 30.7 Å². The van der Waals surface area contributed by atoms with Crippen molar-refractivity contribution in [3.05, 3.63) is 29.3 Å². The van der Waals surface area contributed by atoms with Crippen LogP contribution < -0.4 is 5.73 Å². The van der Waals surface area contributed by atoms with Gasteiger partial charge < -0.3 is 10.8 Å². The highest BCUT2D eigenvalue weighted by Crippen LogP contribution is 2.13. The predicted molar refractivity (Wildman–Crippen MR) is 62.4 cm³/mol. The molecule has 1 aromatic carbocycles. The minimum absolute atomic E-state index is 0.0268. The molecule has 2 atom stereocenters. The molecule has 1 aromatic rings. The van der Waals surface area contributed by atoms with E-state index in [0.29, 0.717) is 22.1 Å². The fraction of sp³-hybridized carbons (Fsp3) is 0.400. The van der Waals surface area contributed by atoms with Gasteiger partial charge in [0, 0.05) is 28.3 Å². The normalized spacial score (nSPS) is 14.9. The van der Waals surface area contributed by atoms with E-state index in [9.17, 15) is 4.21 Å². The van der Waals surface area contributed by atoms with Gasteiger partial charge in [-0.15, -0.1) is 0 Å². The zero-order valence-corrected chi connectivity index (χ0v) is 9.80. The van der Waals surface area contributed by atoms with Gasteiger partial charge in [-0.3, -0.25) is 4.21 Å². The van der Waals surface area contributed by atoms with Gasteiger partial charge in [0.05, 0.1) is 10.8 Å². The molecule has 2 unspecified atom stereocenters. The second-order valence-electron chi connectivity index (χ2n) is 3.24. The van der Waals surface area contributed by atoms with Crippen LogP contribution in [0, 0.1) is 0 Å². The minimum Gasteiger partial charge on any atom is -0.396 e. The third-order valence-corrected chi connectivity index (χ3v) is 3.72. The fourth-order valence-electron chi connectivity index (χ4n) is 1.13. The Morgan fingerprint density at radius 1 is 1.40 bits per heavy atom. The van der Waals surface area contributed by atoms with Crippen molar-refractivity contribution in [1.82, 2.24) is 0 Å². The van der Waals surface area contributed by atoms with Crippen LogP contribution in [0.1, 0.15) is 6.42 Å². The van der Waals surface area contributed by atoms with E-state index in [4.69, 9.17) is 22.4 Å². The Hall–Kier alpha value is -0.420. The molecule has 0 radical (unpaired) electrons. The molecule has 0 saturated carbocycles. The molecule has 0 aliphatic rings. The maximum Gasteiger partial charge on any atom is 0.0545 e. The van der Waals surface area contributed by atoms with Gasteiger partial charge in [-0.2, -0.15) is 0 Å². The van der Waals surface area contributed by atoms with E-state index in [-0.39, 0.29) is 12.6 Å². The quantitative estimate of drug-likeness (QED) is 0.821. The number of rotatable bonds is 5. The van der Waals surface area contributed by atoms with E-state index in [2.05, 4.69) is 0 Å². The highest BCUT2D eigenvalue weighted by atomic mass is 35.5. The van der Waals surface area contributed by atoms with Crippen LogP contribution in [0.3, 0.4) is 0 Å². The molecule has 0 bridgehead atoms. The number of hydrogen-bond acceptors (Lipinski definition) is 3. The molecule has 3 nitrogen and oxygen atoms in total. The van der Waals surface area contributed by atoms with E-state index in [0.717, 1.165) is 0 Å². The zero-order chi connectivity index (χ0) is 11.3. The monoisotopic (exact) mass is 247 g/mol. The van der Waals surface area contributed by atoms with Gasteiger partial charge >= 0.3 is 0 Å². The summed E-state index contributed by atoms with van der Waals surface area (Å²) in [6.07, 6.45) is 0.472. The number of aliphatic hydroxyl groups is 1. The zero-order valence-electron chi connectivity index (χ0n) is 8.23. The van der Waals surface area contributed by atoms with E-state index >= 15 is 0 Å². The maximum absolute atomic E-state index is 11.7. The molecule has 0 fully saturated rings. The molecule has 15 heavy (non-hydrogen) atoms. The summed E-state index contributed by atoms with van der Waals surface area (Å²) in [5, 5.41) is 9.28. The maximum atomic E-state index is 11.7. The van der Waals surface area contributed by atoms with Crippen molar-refractivity contribution < 1.29 is 9.32 Å². The van der Waals surface area contributed by atoms with Gasteiger partial charge in [0.15, 0.2) is 0 Å². The smallest absolute Gasteiger partial charge is 0.0545 e. The molecule has 5 heteroatoms. The first-order valence-electron chi connectivity index (χ1n) is 4.64. The van der Waals surface area contributed by atoms with E-state index in [1.165, 1.54) is 0 Å². The SMILES string of the molecule is NC(CCO)CS(=O)c1ccc(Cl)cc1. The summed E-state index contributed by atoms with van der Waals surface area (Å²) in [5.41, 5.74) is 5.67. The van der Waals surface area contributed by atoms with Gasteiger partial charge in [0.25, 0.3) is 0 Å². The van der Waals surface area contributed by atoms with Crippen molar-refractivity contribution in [2.75, 3.05) is 12.4 Å². The van der Waals surface area contributed by atoms with Gasteiger partial charge in [-0.25, -0.2) is 0 Å². The number of halogens is 1. The summed E-state index contributed by atoms with van der Waals surface area (Å²) >= 11 is 5.72. The van der Waals surface area contributed by atoms with Crippen molar-refractivity contribution >= 4 is 22.4 Å². The average molecular weight is 248 g/mol. The lowest BCUT2D eigenvalue weighted by atomic mass is 10.3. The molecular weight excluding hydrogens is 234 g/mol. The first-order chi connectivity index (χ1) is 7.13. The molecule has 84 valence electrons. The van der Waals surface area contributed by atoms with Crippen LogP contribution in [-0.4, -0.2) is 27.7 Å². The van der Waals surface area contributed by atoms with Crippen molar-refractivity contribution in [3.8, 4) is 0 Å². The Balaban J connectivity index is 2.57. The van der Waals surface area contributed by atoms with Crippen LogP contribution >= 0.6 is 11.6 Å². The van der Waals surface area contributed by atoms with Crippen molar-refractivity contribution in [1.29, 1.82) is 0 Å². The molecular formula is C10H14ClNO2S. The summed E-state index contributed by atoms with van der Waals surface area (Å²) in [4.78, 5) is 0.716. The van der Waals surface area contributed by atoms with E-state index in [1.54, 1.807) is 24.3 Å². The molecule has 0 spiro atoms. The van der Waals surface area contributed by atoms with Gasteiger partial charge in [-0.1, -0.05) is 11.6 Å². The van der Waals surface area contributed by atoms with Crippen molar-refractivity contribution in [3.63, 3.8) is 0 Å². The van der Waals surface area contributed by atoms with Crippen LogP contribution in [0.2, 0.25) is 5.02 Å². The predicted octanol–water partition coefficient (Wildman–Crippen LogP) is 1.16. The first-order valence-corrected chi connectivity index (χ1v) is 6.33. The second kappa shape index (κ2) is 6.23. The van der Waals surface area contributed by atoms with Crippen LogP contribution in [0.25, 0.3) is 0 Å². The third-order valence-electron chi connectivity index (χ3n) is 1.94. The number of aliphatic hydroxyl groups excluding tert-OH is 1. The minimum atomic E-state index is -1.12. The van der Waals surface area contributed by atoms with E-state index in [1.807, 2.05) is 0 Å². The summed E-state index contributed by atoms with van der Waals surface area (Å²) in [5.74, 6) is 0.363. The Labute approximate surface area is 96.7 Å². The van der Waals surface area contributed by atoms with Crippen molar-refractivity contribution in [2.45, 2.75) is 17.4 Å². The summed E-state index contributed by atoms with van der Waals surface area (Å²) < 4.78 is 11.7. The lowest BCUT2D eigenvalue weighted by Crippen LogP contribution is -2.28. The Morgan fingerprint density at radius 3 is 2.53 bits per heavy atom.